The number of fused-ring (bicyclic) bond motifs is 1. The zero-order valence-electron chi connectivity index (χ0n) is 17.8. The molecule has 0 amide bonds. The van der Waals surface area contributed by atoms with Gasteiger partial charge < -0.3 is 15.2 Å². The number of nitrogens with two attached hydrogens (primary N) is 1. The maximum Gasteiger partial charge on any atom is 0.573 e. The zero-order chi connectivity index (χ0) is 28.2. The molecule has 0 aliphatic heterocycles. The molecular weight excluding hydrogens is 584 g/mol. The topological polar surface area (TPSA) is 88.1 Å². The van der Waals surface area contributed by atoms with Gasteiger partial charge in [-0.1, -0.05) is 23.2 Å². The first kappa shape index (κ1) is 27.4. The highest BCUT2D eigenvalue weighted by Crippen LogP contribution is 2.41. The van der Waals surface area contributed by atoms with Gasteiger partial charge in [-0.3, -0.25) is 0 Å². The quantitative estimate of drug-likeness (QED) is 0.248. The molecule has 0 saturated heterocycles. The van der Waals surface area contributed by atoms with Crippen LogP contribution in [-0.4, -0.2) is 26.1 Å². The summed E-state index contributed by atoms with van der Waals surface area (Å²) < 4.78 is 126. The Hall–Kier alpha value is -3.66. The van der Waals surface area contributed by atoms with Gasteiger partial charge in [0.1, 0.15) is 28.8 Å². The normalized spacial score (nSPS) is 12.7. The van der Waals surface area contributed by atoms with Crippen LogP contribution in [0.2, 0.25) is 10.0 Å². The van der Waals surface area contributed by atoms with Crippen LogP contribution in [0.5, 0.6) is 17.2 Å². The smallest absolute Gasteiger partial charge is 0.457 e. The van der Waals surface area contributed by atoms with E-state index in [0.29, 0.717) is 4.68 Å². The van der Waals surface area contributed by atoms with Crippen molar-refractivity contribution in [2.45, 2.75) is 18.7 Å². The number of hydrogen-bond donors (Lipinski definition) is 1. The minimum atomic E-state index is -5.35. The Morgan fingerprint density at radius 2 is 1.32 bits per heavy atom. The fraction of sp³-hybridized carbons (Fsp3) is 0.150. The van der Waals surface area contributed by atoms with Gasteiger partial charge in [0.25, 0.3) is 0 Å². The van der Waals surface area contributed by atoms with Crippen LogP contribution in [0.4, 0.5) is 45.3 Å². The summed E-state index contributed by atoms with van der Waals surface area (Å²) in [5.41, 5.74) is 2.47. The van der Waals surface area contributed by atoms with E-state index in [1.807, 2.05) is 0 Å². The molecule has 38 heavy (non-hydrogen) atoms. The van der Waals surface area contributed by atoms with E-state index < -0.39 is 52.8 Å². The Morgan fingerprint density at radius 1 is 0.763 bits per heavy atom. The number of hydrogen-bond acceptors (Lipinski definition) is 6. The maximum absolute atomic E-state index is 13.5. The molecule has 0 fully saturated rings. The number of alkyl halides is 9. The van der Waals surface area contributed by atoms with E-state index in [4.69, 9.17) is 33.7 Å². The van der Waals surface area contributed by atoms with Crippen LogP contribution >= 0.6 is 23.2 Å². The van der Waals surface area contributed by atoms with E-state index in [-0.39, 0.29) is 27.2 Å². The number of ether oxygens (including phenoxy) is 2. The Morgan fingerprint density at radius 3 is 1.82 bits per heavy atom. The first-order valence-electron chi connectivity index (χ1n) is 9.68. The van der Waals surface area contributed by atoms with Crippen molar-refractivity contribution in [1.29, 1.82) is 0 Å². The molecule has 0 saturated carbocycles. The van der Waals surface area contributed by atoms with Crippen molar-refractivity contribution in [2.24, 2.45) is 0 Å². The molecule has 18 heteroatoms. The van der Waals surface area contributed by atoms with Gasteiger partial charge in [0.15, 0.2) is 11.3 Å². The minimum Gasteiger partial charge on any atom is -0.457 e. The Bertz CT molecular complexity index is 1490. The molecule has 0 spiro atoms. The van der Waals surface area contributed by atoms with Crippen LogP contribution < -0.4 is 15.2 Å². The van der Waals surface area contributed by atoms with Crippen molar-refractivity contribution >= 4 is 40.1 Å². The number of benzene rings is 2. The van der Waals surface area contributed by atoms with Crippen LogP contribution in [-0.2, 0) is 12.4 Å². The highest BCUT2D eigenvalue weighted by Gasteiger charge is 2.43. The van der Waals surface area contributed by atoms with Gasteiger partial charge in [-0.05, 0) is 24.3 Å². The molecule has 0 bridgehead atoms. The summed E-state index contributed by atoms with van der Waals surface area (Å²) in [6.45, 7) is 0. The Balaban J connectivity index is 1.74. The predicted octanol–water partition coefficient (Wildman–Crippen LogP) is 7.43. The number of aromatic nitrogens is 4. The van der Waals surface area contributed by atoms with Crippen LogP contribution in [0.15, 0.2) is 36.4 Å². The molecule has 4 aromatic rings. The van der Waals surface area contributed by atoms with E-state index in [9.17, 15) is 39.5 Å². The van der Waals surface area contributed by atoms with Gasteiger partial charge in [0.2, 0.25) is 5.82 Å². The Labute approximate surface area is 214 Å². The van der Waals surface area contributed by atoms with Gasteiger partial charge in [-0.15, -0.1) is 18.3 Å². The summed E-state index contributed by atoms with van der Waals surface area (Å²) in [6.07, 6.45) is -15.6. The number of rotatable bonds is 4. The Kier molecular flexibility index (Phi) is 6.68. The van der Waals surface area contributed by atoms with Crippen LogP contribution in [0.3, 0.4) is 0 Å². The van der Waals surface area contributed by atoms with Crippen molar-refractivity contribution in [1.82, 2.24) is 19.7 Å². The molecule has 0 atom stereocenters. The summed E-state index contributed by atoms with van der Waals surface area (Å²) in [5, 5.41) is 1.98. The van der Waals surface area contributed by atoms with Crippen molar-refractivity contribution < 1.29 is 49.0 Å². The first-order chi connectivity index (χ1) is 17.4. The monoisotopic (exact) mass is 591 g/mol. The SMILES string of the molecule is Nc1c2c(C(F)(F)F)nc(C(F)(F)F)nc2nn1-c1c(Cl)cc(Oc2ccc(OC(F)(F)F)cc2)cc1Cl. The highest BCUT2D eigenvalue weighted by atomic mass is 35.5. The van der Waals surface area contributed by atoms with Crippen molar-refractivity contribution in [3.63, 3.8) is 0 Å². The fourth-order valence-electron chi connectivity index (χ4n) is 3.16. The zero-order valence-corrected chi connectivity index (χ0v) is 19.3. The molecule has 2 aromatic heterocycles. The van der Waals surface area contributed by atoms with Gasteiger partial charge in [0, 0.05) is 12.1 Å². The average molecular weight is 592 g/mol. The molecule has 0 aliphatic carbocycles. The van der Waals surface area contributed by atoms with Crippen molar-refractivity contribution in [3.05, 3.63) is 58.0 Å². The molecule has 0 radical (unpaired) electrons. The van der Waals surface area contributed by atoms with Gasteiger partial charge in [-0.25, -0.2) is 14.6 Å². The molecular formula is C20H8Cl2F9N5O2. The number of anilines is 1. The lowest BCUT2D eigenvalue weighted by Crippen LogP contribution is -2.17. The maximum atomic E-state index is 13.5. The molecule has 2 N–H and O–H groups in total. The summed E-state index contributed by atoms with van der Waals surface area (Å²) in [7, 11) is 0. The molecule has 202 valence electrons. The van der Waals surface area contributed by atoms with Gasteiger partial charge in [-0.2, -0.15) is 26.3 Å². The van der Waals surface area contributed by atoms with Crippen molar-refractivity contribution in [3.8, 4) is 22.9 Å². The molecule has 4 rings (SSSR count). The van der Waals surface area contributed by atoms with E-state index in [2.05, 4.69) is 19.8 Å². The van der Waals surface area contributed by atoms with E-state index >= 15 is 0 Å². The predicted molar refractivity (Wildman–Crippen MR) is 114 cm³/mol. The second-order valence-electron chi connectivity index (χ2n) is 7.24. The largest absolute Gasteiger partial charge is 0.573 e. The van der Waals surface area contributed by atoms with Gasteiger partial charge >= 0.3 is 18.7 Å². The minimum absolute atomic E-state index is 0.0218. The van der Waals surface area contributed by atoms with Gasteiger partial charge in [0.05, 0.1) is 15.4 Å². The van der Waals surface area contributed by atoms with E-state index in [1.54, 1.807) is 0 Å². The first-order valence-corrected chi connectivity index (χ1v) is 10.4. The van der Waals surface area contributed by atoms with Crippen LogP contribution in [0, 0.1) is 0 Å². The second-order valence-corrected chi connectivity index (χ2v) is 8.06. The summed E-state index contributed by atoms with van der Waals surface area (Å²) in [5.74, 6) is -3.46. The molecule has 7 nitrogen and oxygen atoms in total. The average Bonchev–Trinajstić information content (AvgIpc) is 3.08. The third-order valence-electron chi connectivity index (χ3n) is 4.59. The molecule has 2 heterocycles. The highest BCUT2D eigenvalue weighted by molar-refractivity contribution is 6.38. The molecule has 2 aromatic carbocycles. The molecule has 0 aliphatic rings. The lowest BCUT2D eigenvalue weighted by atomic mass is 10.2. The van der Waals surface area contributed by atoms with Crippen LogP contribution in [0.1, 0.15) is 11.5 Å². The fourth-order valence-corrected chi connectivity index (χ4v) is 3.79. The number of nitrogens with zero attached hydrogens (tertiary/aromatic N) is 4. The second kappa shape index (κ2) is 9.27. The van der Waals surface area contributed by atoms with Crippen molar-refractivity contribution in [2.75, 3.05) is 5.73 Å². The summed E-state index contributed by atoms with van der Waals surface area (Å²) in [4.78, 5) is 5.64. The summed E-state index contributed by atoms with van der Waals surface area (Å²) >= 11 is 12.4. The third-order valence-corrected chi connectivity index (χ3v) is 5.16. The lowest BCUT2D eigenvalue weighted by Gasteiger charge is -2.13. The van der Waals surface area contributed by atoms with Crippen LogP contribution in [0.25, 0.3) is 16.7 Å². The number of nitrogen functional groups attached to an aromatic ring is 1. The van der Waals surface area contributed by atoms with E-state index in [0.717, 1.165) is 36.4 Å². The number of halogens is 11. The van der Waals surface area contributed by atoms with E-state index in [1.165, 1.54) is 0 Å². The lowest BCUT2D eigenvalue weighted by molar-refractivity contribution is -0.274. The standard InChI is InChI=1S/C20H8Cl2F9N5O2/c21-10-5-9(37-7-1-3-8(4-2-7)38-20(29,30)31)6-11(22)13(10)36-15(32)12-14(18(23,24)25)33-17(19(26,27)28)34-16(12)35-36/h1-6H,32H2. The third kappa shape index (κ3) is 5.60. The summed E-state index contributed by atoms with van der Waals surface area (Å²) in [6, 6.07) is 6.39. The molecule has 0 unspecified atom stereocenters.